The van der Waals surface area contributed by atoms with Crippen molar-refractivity contribution in [3.05, 3.63) is 17.5 Å². The lowest BCUT2D eigenvalue weighted by molar-refractivity contribution is -0.275. The first-order valence-electron chi connectivity index (χ1n) is 4.80. The van der Waals surface area contributed by atoms with Gasteiger partial charge >= 0.3 is 12.3 Å². The summed E-state index contributed by atoms with van der Waals surface area (Å²) in [5.41, 5.74) is -0.565. The maximum absolute atomic E-state index is 12.4. The first kappa shape index (κ1) is 15.5. The summed E-state index contributed by atoms with van der Waals surface area (Å²) in [6.07, 6.45) is -3.85. The van der Waals surface area contributed by atoms with Crippen LogP contribution in [0.2, 0.25) is 0 Å². The molecule has 0 aliphatic rings. The molecule has 106 valence electrons. The first-order valence-corrected chi connectivity index (χ1v) is 5.92. The number of hydrogen-bond donors (Lipinski definition) is 0. The molecule has 0 saturated carbocycles. The zero-order chi connectivity index (χ0) is 14.6. The van der Waals surface area contributed by atoms with E-state index in [9.17, 15) is 18.0 Å². The number of hydrogen-bond acceptors (Lipinski definition) is 5. The molecule has 0 N–H and O–H groups in total. The number of aromatic nitrogens is 1. The van der Waals surface area contributed by atoms with Crippen LogP contribution in [0.4, 0.5) is 13.2 Å². The van der Waals surface area contributed by atoms with E-state index in [2.05, 4.69) is 30.4 Å². The monoisotopic (exact) mass is 343 g/mol. The van der Waals surface area contributed by atoms with Crippen molar-refractivity contribution in [1.29, 1.82) is 0 Å². The second-order valence-corrected chi connectivity index (χ2v) is 3.71. The molecule has 0 unspecified atom stereocenters. The minimum Gasteiger partial charge on any atom is -0.494 e. The van der Waals surface area contributed by atoms with Gasteiger partial charge in [-0.3, -0.25) is 4.98 Å². The number of carbonyl (C=O) groups excluding carboxylic acids is 1. The van der Waals surface area contributed by atoms with Crippen LogP contribution in [-0.2, 0) is 10.1 Å². The van der Waals surface area contributed by atoms with E-state index in [4.69, 9.17) is 4.74 Å². The van der Waals surface area contributed by atoms with Gasteiger partial charge in [-0.15, -0.1) is 13.2 Å². The largest absolute Gasteiger partial charge is 0.573 e. The van der Waals surface area contributed by atoms with Crippen LogP contribution in [0, 0.1) is 0 Å². The average molecular weight is 344 g/mol. The molecule has 0 fully saturated rings. The zero-order valence-corrected chi connectivity index (χ0v) is 11.5. The molecule has 0 amide bonds. The summed E-state index contributed by atoms with van der Waals surface area (Å²) in [6, 6.07) is 0. The van der Waals surface area contributed by atoms with Gasteiger partial charge in [0.1, 0.15) is 5.56 Å². The highest BCUT2D eigenvalue weighted by atomic mass is 79.9. The van der Waals surface area contributed by atoms with E-state index in [0.717, 1.165) is 13.3 Å². The maximum Gasteiger partial charge on any atom is 0.573 e. The molecule has 0 atom stereocenters. The average Bonchev–Trinajstić information content (AvgIpc) is 2.35. The highest BCUT2D eigenvalue weighted by Crippen LogP contribution is 2.35. The predicted octanol–water partition coefficient (Wildman–Crippen LogP) is 2.67. The standard InChI is InChI=1S/C10H9BrF3NO4/c1-17-6-4-15-5(3-11)8(19-10(12,13)14)7(6)9(16)18-2/h4H,3H2,1-2H3. The van der Waals surface area contributed by atoms with Crippen molar-refractivity contribution in [3.8, 4) is 11.5 Å². The van der Waals surface area contributed by atoms with Crippen molar-refractivity contribution in [1.82, 2.24) is 4.98 Å². The van der Waals surface area contributed by atoms with Crippen molar-refractivity contribution in [2.24, 2.45) is 0 Å². The molecule has 9 heteroatoms. The van der Waals surface area contributed by atoms with Crippen LogP contribution in [0.25, 0.3) is 0 Å². The number of alkyl halides is 4. The zero-order valence-electron chi connectivity index (χ0n) is 9.88. The van der Waals surface area contributed by atoms with E-state index in [1.807, 2.05) is 0 Å². The third-order valence-corrected chi connectivity index (χ3v) is 2.56. The van der Waals surface area contributed by atoms with E-state index < -0.39 is 23.6 Å². The van der Waals surface area contributed by atoms with E-state index in [1.54, 1.807) is 0 Å². The van der Waals surface area contributed by atoms with Crippen LogP contribution in [0.3, 0.4) is 0 Å². The van der Waals surface area contributed by atoms with Gasteiger partial charge in [-0.05, 0) is 0 Å². The summed E-state index contributed by atoms with van der Waals surface area (Å²) in [7, 11) is 2.22. The molecule has 0 bridgehead atoms. The number of ether oxygens (including phenoxy) is 3. The van der Waals surface area contributed by atoms with Gasteiger partial charge in [0, 0.05) is 5.33 Å². The second-order valence-electron chi connectivity index (χ2n) is 3.15. The lowest BCUT2D eigenvalue weighted by atomic mass is 10.2. The summed E-state index contributed by atoms with van der Waals surface area (Å²) in [4.78, 5) is 15.3. The molecule has 1 aromatic rings. The fourth-order valence-corrected chi connectivity index (χ4v) is 1.69. The normalized spacial score (nSPS) is 11.1. The Bertz CT molecular complexity index is 479. The summed E-state index contributed by atoms with van der Waals surface area (Å²) >= 11 is 2.96. The van der Waals surface area contributed by atoms with Crippen LogP contribution in [0.1, 0.15) is 16.1 Å². The summed E-state index contributed by atoms with van der Waals surface area (Å²) in [6.45, 7) is 0. The van der Waals surface area contributed by atoms with Crippen LogP contribution in [0.5, 0.6) is 11.5 Å². The summed E-state index contributed by atoms with van der Waals surface area (Å²) in [5, 5.41) is -0.0353. The van der Waals surface area contributed by atoms with Crippen molar-refractivity contribution in [2.75, 3.05) is 14.2 Å². The Hall–Kier alpha value is -1.51. The molecule has 0 saturated heterocycles. The Balaban J connectivity index is 3.47. The Morgan fingerprint density at radius 3 is 2.47 bits per heavy atom. The fraction of sp³-hybridized carbons (Fsp3) is 0.400. The highest BCUT2D eigenvalue weighted by Gasteiger charge is 2.36. The first-order chi connectivity index (χ1) is 8.84. The van der Waals surface area contributed by atoms with Crippen LogP contribution in [-0.4, -0.2) is 31.5 Å². The highest BCUT2D eigenvalue weighted by molar-refractivity contribution is 9.08. The molecule has 0 aliphatic carbocycles. The van der Waals surface area contributed by atoms with E-state index in [-0.39, 0.29) is 16.8 Å². The van der Waals surface area contributed by atoms with Crippen LogP contribution >= 0.6 is 15.9 Å². The number of rotatable bonds is 4. The molecule has 5 nitrogen and oxygen atoms in total. The maximum atomic E-state index is 12.4. The smallest absolute Gasteiger partial charge is 0.494 e. The van der Waals surface area contributed by atoms with Gasteiger partial charge in [0.2, 0.25) is 0 Å². The topological polar surface area (TPSA) is 57.7 Å². The predicted molar refractivity (Wildman–Crippen MR) is 61.4 cm³/mol. The Kier molecular flexibility index (Phi) is 4.98. The fourth-order valence-electron chi connectivity index (χ4n) is 1.29. The van der Waals surface area contributed by atoms with Crippen molar-refractivity contribution < 1.29 is 32.2 Å². The van der Waals surface area contributed by atoms with E-state index in [1.165, 1.54) is 7.11 Å². The van der Waals surface area contributed by atoms with Gasteiger partial charge in [0.25, 0.3) is 0 Å². The third-order valence-electron chi connectivity index (χ3n) is 2.03. The molecule has 0 spiro atoms. The molecule has 0 aromatic carbocycles. The van der Waals surface area contributed by atoms with Crippen molar-refractivity contribution in [3.63, 3.8) is 0 Å². The quantitative estimate of drug-likeness (QED) is 0.621. The number of methoxy groups -OCH3 is 2. The lowest BCUT2D eigenvalue weighted by Gasteiger charge is -2.16. The molecular weight excluding hydrogens is 335 g/mol. The van der Waals surface area contributed by atoms with Gasteiger partial charge in [-0.25, -0.2) is 4.79 Å². The number of halogens is 4. The van der Waals surface area contributed by atoms with Gasteiger partial charge < -0.3 is 14.2 Å². The number of pyridine rings is 1. The van der Waals surface area contributed by atoms with Crippen molar-refractivity contribution >= 4 is 21.9 Å². The number of carbonyl (C=O) groups is 1. The Morgan fingerprint density at radius 2 is 2.05 bits per heavy atom. The Morgan fingerprint density at radius 1 is 1.42 bits per heavy atom. The van der Waals surface area contributed by atoms with Crippen LogP contribution in [0.15, 0.2) is 6.20 Å². The molecule has 1 aromatic heterocycles. The number of esters is 1. The SMILES string of the molecule is COC(=O)c1c(OC)cnc(CBr)c1OC(F)(F)F. The molecular formula is C10H9BrF3NO4. The lowest BCUT2D eigenvalue weighted by Crippen LogP contribution is -2.21. The summed E-state index contributed by atoms with van der Waals surface area (Å²) < 4.78 is 50.2. The van der Waals surface area contributed by atoms with Gasteiger partial charge in [0.05, 0.1) is 26.1 Å². The van der Waals surface area contributed by atoms with E-state index in [0.29, 0.717) is 0 Å². The van der Waals surface area contributed by atoms with Gasteiger partial charge in [0.15, 0.2) is 11.5 Å². The number of nitrogens with zero attached hydrogens (tertiary/aromatic N) is 1. The minimum absolute atomic E-state index is 0.0353. The van der Waals surface area contributed by atoms with E-state index >= 15 is 0 Å². The molecule has 19 heavy (non-hydrogen) atoms. The van der Waals surface area contributed by atoms with Crippen molar-refractivity contribution in [2.45, 2.75) is 11.7 Å². The Labute approximate surface area is 114 Å². The minimum atomic E-state index is -4.96. The van der Waals surface area contributed by atoms with Gasteiger partial charge in [-0.1, -0.05) is 15.9 Å². The second kappa shape index (κ2) is 6.09. The van der Waals surface area contributed by atoms with Gasteiger partial charge in [-0.2, -0.15) is 0 Å². The molecule has 1 heterocycles. The summed E-state index contributed by atoms with van der Waals surface area (Å²) in [5.74, 6) is -1.92. The molecule has 1 rings (SSSR count). The molecule has 0 aliphatic heterocycles. The third kappa shape index (κ3) is 3.72. The molecule has 0 radical (unpaired) electrons. The van der Waals surface area contributed by atoms with Crippen LogP contribution < -0.4 is 9.47 Å².